The number of nitrogens with zero attached hydrogens (tertiary/aromatic N) is 1. The highest BCUT2D eigenvalue weighted by molar-refractivity contribution is 5.85. The minimum atomic E-state index is 0. The van der Waals surface area contributed by atoms with Crippen LogP contribution in [-0.4, -0.2) is 16.0 Å². The maximum absolute atomic E-state index is 4.76. The van der Waals surface area contributed by atoms with E-state index >= 15 is 0 Å². The van der Waals surface area contributed by atoms with Crippen LogP contribution < -0.4 is 5.32 Å². The molecule has 2 aromatic rings. The molecule has 0 spiro atoms. The van der Waals surface area contributed by atoms with Crippen molar-refractivity contribution in [3.8, 4) is 11.3 Å². The Hall–Kier alpha value is -1.32. The number of aromatic amines is 1. The first kappa shape index (κ1) is 17.5. The van der Waals surface area contributed by atoms with Gasteiger partial charge in [0.25, 0.3) is 0 Å². The van der Waals surface area contributed by atoms with Gasteiger partial charge in [-0.05, 0) is 37.2 Å². The highest BCUT2D eigenvalue weighted by Crippen LogP contribution is 2.36. The van der Waals surface area contributed by atoms with Gasteiger partial charge in [0.05, 0.1) is 17.9 Å². The summed E-state index contributed by atoms with van der Waals surface area (Å²) >= 11 is 0. The molecular weight excluding hydrogens is 318 g/mol. The Morgan fingerprint density at radius 2 is 1.71 bits per heavy atom. The lowest BCUT2D eigenvalue weighted by atomic mass is 9.82. The van der Waals surface area contributed by atoms with Gasteiger partial charge in [-0.15, -0.1) is 12.4 Å². The molecule has 2 saturated carbocycles. The number of imidazole rings is 1. The summed E-state index contributed by atoms with van der Waals surface area (Å²) in [5.41, 5.74) is 2.36. The lowest BCUT2D eigenvalue weighted by Crippen LogP contribution is -2.41. The number of nitrogens with one attached hydrogen (secondary N) is 2. The van der Waals surface area contributed by atoms with Crippen LogP contribution in [0.2, 0.25) is 0 Å². The molecule has 2 N–H and O–H groups in total. The van der Waals surface area contributed by atoms with Gasteiger partial charge in [-0.1, -0.05) is 56.0 Å². The van der Waals surface area contributed by atoms with Crippen molar-refractivity contribution in [3.05, 3.63) is 42.4 Å². The normalized spacial score (nSPS) is 20.2. The zero-order chi connectivity index (χ0) is 15.5. The fraction of sp³-hybridized carbons (Fsp3) is 0.550. The van der Waals surface area contributed by atoms with Gasteiger partial charge in [-0.2, -0.15) is 0 Å². The summed E-state index contributed by atoms with van der Waals surface area (Å²) in [7, 11) is 0. The molecule has 0 saturated heterocycles. The standard InChI is InChI=1S/C20H27N3.ClH/c1-3-8-15(9-4-1)18-14-21-20(23-18)19(22-17-12-7-13-17)16-10-5-2-6-11-16;/h1,3-4,8-9,14,16-17,19,22H,2,5-7,10-13H2,(H,21,23);1H/t19-;/m0./s1. The minimum Gasteiger partial charge on any atom is -0.341 e. The molecule has 0 amide bonds. The summed E-state index contributed by atoms with van der Waals surface area (Å²) in [6.45, 7) is 0. The van der Waals surface area contributed by atoms with E-state index in [9.17, 15) is 0 Å². The van der Waals surface area contributed by atoms with Crippen LogP contribution in [0.25, 0.3) is 11.3 Å². The van der Waals surface area contributed by atoms with Gasteiger partial charge >= 0.3 is 0 Å². The van der Waals surface area contributed by atoms with E-state index in [-0.39, 0.29) is 12.4 Å². The Bertz CT molecular complexity index is 615. The Balaban J connectivity index is 0.00000169. The average molecular weight is 346 g/mol. The lowest BCUT2D eigenvalue weighted by Gasteiger charge is -2.36. The third-order valence-electron chi connectivity index (χ3n) is 5.62. The lowest BCUT2D eigenvalue weighted by molar-refractivity contribution is 0.212. The van der Waals surface area contributed by atoms with Gasteiger partial charge < -0.3 is 10.3 Å². The highest BCUT2D eigenvalue weighted by Gasteiger charge is 2.30. The van der Waals surface area contributed by atoms with Gasteiger partial charge in [0.2, 0.25) is 0 Å². The van der Waals surface area contributed by atoms with Crippen LogP contribution in [0.4, 0.5) is 0 Å². The molecule has 3 nitrogen and oxygen atoms in total. The maximum atomic E-state index is 4.76. The number of rotatable bonds is 5. The topological polar surface area (TPSA) is 40.7 Å². The first-order valence-corrected chi connectivity index (χ1v) is 9.26. The second kappa shape index (κ2) is 8.17. The number of H-pyrrole nitrogens is 1. The molecule has 0 unspecified atom stereocenters. The molecule has 2 fully saturated rings. The number of halogens is 1. The van der Waals surface area contributed by atoms with Gasteiger partial charge in [0, 0.05) is 6.04 Å². The Morgan fingerprint density at radius 3 is 2.38 bits per heavy atom. The van der Waals surface area contributed by atoms with Crippen LogP contribution in [-0.2, 0) is 0 Å². The first-order chi connectivity index (χ1) is 11.4. The van der Waals surface area contributed by atoms with E-state index in [1.165, 1.54) is 56.9 Å². The van der Waals surface area contributed by atoms with Crippen molar-refractivity contribution in [1.29, 1.82) is 0 Å². The van der Waals surface area contributed by atoms with Crippen LogP contribution >= 0.6 is 12.4 Å². The van der Waals surface area contributed by atoms with Gasteiger partial charge in [-0.3, -0.25) is 0 Å². The molecule has 0 bridgehead atoms. The van der Waals surface area contributed by atoms with Crippen molar-refractivity contribution >= 4 is 12.4 Å². The molecule has 4 rings (SSSR count). The van der Waals surface area contributed by atoms with Crippen molar-refractivity contribution in [2.75, 3.05) is 0 Å². The summed E-state index contributed by atoms with van der Waals surface area (Å²) in [6, 6.07) is 11.6. The molecule has 2 aliphatic rings. The Morgan fingerprint density at radius 1 is 0.958 bits per heavy atom. The summed E-state index contributed by atoms with van der Waals surface area (Å²) < 4.78 is 0. The third-order valence-corrected chi connectivity index (χ3v) is 5.62. The van der Waals surface area contributed by atoms with Crippen molar-refractivity contribution < 1.29 is 0 Å². The van der Waals surface area contributed by atoms with Crippen molar-refractivity contribution in [2.24, 2.45) is 5.92 Å². The fourth-order valence-electron chi connectivity index (χ4n) is 3.99. The van der Waals surface area contributed by atoms with Gasteiger partial charge in [-0.25, -0.2) is 4.98 Å². The summed E-state index contributed by atoms with van der Waals surface area (Å²) in [5, 5.41) is 3.91. The van der Waals surface area contributed by atoms with Crippen LogP contribution in [0, 0.1) is 5.92 Å². The van der Waals surface area contributed by atoms with Gasteiger partial charge in [0.15, 0.2) is 0 Å². The molecule has 0 radical (unpaired) electrons. The largest absolute Gasteiger partial charge is 0.341 e. The molecule has 1 aromatic heterocycles. The van der Waals surface area contributed by atoms with Gasteiger partial charge in [0.1, 0.15) is 5.82 Å². The van der Waals surface area contributed by atoms with E-state index in [1.54, 1.807) is 0 Å². The third kappa shape index (κ3) is 3.84. The smallest absolute Gasteiger partial charge is 0.124 e. The van der Waals surface area contributed by atoms with Crippen LogP contribution in [0.1, 0.15) is 63.2 Å². The SMILES string of the molecule is Cl.c1ccc(-c2cnc([C@@H](NC3CCC3)C3CCCCC3)[nH]2)cc1. The fourth-order valence-corrected chi connectivity index (χ4v) is 3.99. The van der Waals surface area contributed by atoms with E-state index in [2.05, 4.69) is 40.6 Å². The number of benzene rings is 1. The highest BCUT2D eigenvalue weighted by atomic mass is 35.5. The first-order valence-electron chi connectivity index (χ1n) is 9.26. The predicted octanol–water partition coefficient (Wildman–Crippen LogP) is 5.26. The van der Waals surface area contributed by atoms with Crippen LogP contribution in [0.3, 0.4) is 0 Å². The zero-order valence-electron chi connectivity index (χ0n) is 14.2. The Kier molecular flexibility index (Phi) is 5.96. The summed E-state index contributed by atoms with van der Waals surface area (Å²) in [6.07, 6.45) is 12.9. The Labute approximate surface area is 151 Å². The summed E-state index contributed by atoms with van der Waals surface area (Å²) in [4.78, 5) is 8.37. The van der Waals surface area contributed by atoms with Crippen molar-refractivity contribution in [1.82, 2.24) is 15.3 Å². The average Bonchev–Trinajstić information content (AvgIpc) is 3.05. The molecule has 1 heterocycles. The number of hydrogen-bond donors (Lipinski definition) is 2. The quantitative estimate of drug-likeness (QED) is 0.775. The van der Waals surface area contributed by atoms with Crippen LogP contribution in [0.15, 0.2) is 36.5 Å². The maximum Gasteiger partial charge on any atom is 0.124 e. The van der Waals surface area contributed by atoms with E-state index in [0.29, 0.717) is 12.1 Å². The van der Waals surface area contributed by atoms with Crippen LogP contribution in [0.5, 0.6) is 0 Å². The van der Waals surface area contributed by atoms with Crippen molar-refractivity contribution in [2.45, 2.75) is 63.5 Å². The second-order valence-corrected chi connectivity index (χ2v) is 7.22. The molecule has 2 aliphatic carbocycles. The predicted molar refractivity (Wildman–Crippen MR) is 101 cm³/mol. The minimum absolute atomic E-state index is 0. The second-order valence-electron chi connectivity index (χ2n) is 7.22. The van der Waals surface area contributed by atoms with Crippen molar-refractivity contribution in [3.63, 3.8) is 0 Å². The molecule has 24 heavy (non-hydrogen) atoms. The zero-order valence-corrected chi connectivity index (χ0v) is 15.0. The van der Waals surface area contributed by atoms with E-state index < -0.39 is 0 Å². The molecular formula is C20H28ClN3. The molecule has 0 aliphatic heterocycles. The van der Waals surface area contributed by atoms with E-state index in [0.717, 1.165) is 17.4 Å². The van der Waals surface area contributed by atoms with E-state index in [1.807, 2.05) is 6.20 Å². The molecule has 1 aromatic carbocycles. The number of aromatic nitrogens is 2. The monoisotopic (exact) mass is 345 g/mol. The summed E-state index contributed by atoms with van der Waals surface area (Å²) in [5.74, 6) is 1.88. The van der Waals surface area contributed by atoms with E-state index in [4.69, 9.17) is 4.98 Å². The molecule has 4 heteroatoms. The molecule has 130 valence electrons. The molecule has 1 atom stereocenters. The number of hydrogen-bond acceptors (Lipinski definition) is 2.